The first-order valence-corrected chi connectivity index (χ1v) is 22.7. The molecule has 0 amide bonds. The lowest BCUT2D eigenvalue weighted by atomic mass is 9.97. The average Bonchev–Trinajstić information content (AvgIpc) is 3.82. The fourth-order valence-corrected chi connectivity index (χ4v) is 14.8. The largest absolute Gasteiger partial charge is 0.309 e. The summed E-state index contributed by atoms with van der Waals surface area (Å²) < 4.78 is 2.49. The van der Waals surface area contributed by atoms with Crippen LogP contribution in [0.15, 0.2) is 212 Å². The van der Waals surface area contributed by atoms with Gasteiger partial charge >= 0.3 is 0 Å². The molecular weight excluding hydrogens is 727 g/mol. The Bertz CT molecular complexity index is 3000. The van der Waals surface area contributed by atoms with E-state index in [1.807, 2.05) is 0 Å². The third-order valence-electron chi connectivity index (χ3n) is 12.9. The Morgan fingerprint density at radius 2 is 0.797 bits per heavy atom. The Kier molecular flexibility index (Phi) is 8.42. The first-order valence-electron chi connectivity index (χ1n) is 20.7. The number of aryl methyl sites for hydroxylation is 2. The maximum Gasteiger partial charge on any atom is 0.179 e. The molecule has 0 aliphatic heterocycles. The highest BCUT2D eigenvalue weighted by atomic mass is 28.3. The Hall–Kier alpha value is -7.00. The molecule has 0 radical (unpaired) electrons. The molecule has 0 bridgehead atoms. The number of hydrogen-bond acceptors (Lipinski definition) is 0. The Morgan fingerprint density at radius 3 is 1.29 bits per heavy atom. The van der Waals surface area contributed by atoms with E-state index in [4.69, 9.17) is 0 Å². The highest BCUT2D eigenvalue weighted by Crippen LogP contribution is 2.42. The molecule has 1 nitrogen and oxygen atoms in total. The SMILES string of the molecule is Cc1ccccc1-c1ccc2c(c1)c1cc(-c3ccccc3C)ccc1n2-c1ccc2c(c1)-c1cc([Si](c3ccccc3)(c3ccccc3)c3ccccc3)ccc1C2. The van der Waals surface area contributed by atoms with E-state index in [1.165, 1.54) is 104 Å². The molecule has 1 aromatic heterocycles. The molecule has 2 heteroatoms. The third kappa shape index (κ3) is 5.67. The Balaban J connectivity index is 1.12. The normalized spacial score (nSPS) is 12.2. The molecular formula is C57H43NSi. The molecule has 0 saturated carbocycles. The monoisotopic (exact) mass is 769 g/mol. The van der Waals surface area contributed by atoms with Crippen molar-refractivity contribution in [2.75, 3.05) is 0 Å². The predicted octanol–water partition coefficient (Wildman–Crippen LogP) is 11.7. The number of aromatic nitrogens is 1. The zero-order chi connectivity index (χ0) is 39.5. The van der Waals surface area contributed by atoms with Crippen molar-refractivity contribution in [3.05, 3.63) is 235 Å². The minimum absolute atomic E-state index is 0.939. The molecule has 0 N–H and O–H groups in total. The van der Waals surface area contributed by atoms with Crippen LogP contribution in [-0.4, -0.2) is 12.6 Å². The first kappa shape index (κ1) is 35.2. The molecule has 0 saturated heterocycles. The van der Waals surface area contributed by atoms with Crippen molar-refractivity contribution in [3.63, 3.8) is 0 Å². The molecule has 0 atom stereocenters. The number of rotatable bonds is 7. The summed E-state index contributed by atoms with van der Waals surface area (Å²) in [6, 6.07) is 79.9. The van der Waals surface area contributed by atoms with Gasteiger partial charge in [-0.15, -0.1) is 0 Å². The summed E-state index contributed by atoms with van der Waals surface area (Å²) in [7, 11) is -2.68. The van der Waals surface area contributed by atoms with Crippen LogP contribution in [0.2, 0.25) is 0 Å². The lowest BCUT2D eigenvalue weighted by Gasteiger charge is -2.34. The van der Waals surface area contributed by atoms with Gasteiger partial charge in [-0.1, -0.05) is 176 Å². The standard InChI is InChI=1S/C57H43NSi/c1-39-16-12-14-24-50(39)43-28-32-56-54(35-43)55-36-44(51-25-15-13-17-40(51)2)29-33-57(55)58(56)45-30-26-41-34-42-27-31-49(38-53(42)52(41)37-45)59(46-18-6-3-7-19-46,47-20-8-4-9-21-47)48-22-10-5-11-23-48/h3-33,35-38H,34H2,1-2H3. The van der Waals surface area contributed by atoms with Crippen LogP contribution >= 0.6 is 0 Å². The number of nitrogens with zero attached hydrogens (tertiary/aromatic N) is 1. The van der Waals surface area contributed by atoms with E-state index in [-0.39, 0.29) is 0 Å². The van der Waals surface area contributed by atoms with E-state index in [2.05, 4.69) is 231 Å². The summed E-state index contributed by atoms with van der Waals surface area (Å²) in [5, 5.41) is 8.12. The molecule has 9 aromatic carbocycles. The van der Waals surface area contributed by atoms with Gasteiger partial charge in [0.15, 0.2) is 8.07 Å². The van der Waals surface area contributed by atoms with Crippen LogP contribution in [-0.2, 0) is 6.42 Å². The summed E-state index contributed by atoms with van der Waals surface area (Å²) in [5.74, 6) is 0. The van der Waals surface area contributed by atoms with Crippen LogP contribution in [0.25, 0.3) is 60.9 Å². The van der Waals surface area contributed by atoms with Gasteiger partial charge in [-0.3, -0.25) is 0 Å². The third-order valence-corrected chi connectivity index (χ3v) is 17.6. The van der Waals surface area contributed by atoms with Gasteiger partial charge in [0.2, 0.25) is 0 Å². The van der Waals surface area contributed by atoms with Crippen molar-refractivity contribution in [3.8, 4) is 39.1 Å². The van der Waals surface area contributed by atoms with Gasteiger partial charge < -0.3 is 4.57 Å². The van der Waals surface area contributed by atoms with Gasteiger partial charge in [0.25, 0.3) is 0 Å². The molecule has 1 heterocycles. The highest BCUT2D eigenvalue weighted by Gasteiger charge is 2.42. The molecule has 0 unspecified atom stereocenters. The summed E-state index contributed by atoms with van der Waals surface area (Å²) >= 11 is 0. The van der Waals surface area contributed by atoms with E-state index in [1.54, 1.807) is 0 Å². The molecule has 1 aliphatic rings. The topological polar surface area (TPSA) is 4.93 Å². The molecule has 0 spiro atoms. The molecule has 0 fully saturated rings. The number of benzene rings is 9. The highest BCUT2D eigenvalue weighted by molar-refractivity contribution is 7.19. The molecule has 11 rings (SSSR count). The maximum absolute atomic E-state index is 2.68. The second-order valence-electron chi connectivity index (χ2n) is 16.2. The Morgan fingerprint density at radius 1 is 0.356 bits per heavy atom. The maximum atomic E-state index is 2.55. The van der Waals surface area contributed by atoms with Crippen molar-refractivity contribution >= 4 is 50.6 Å². The van der Waals surface area contributed by atoms with Gasteiger partial charge in [0.1, 0.15) is 0 Å². The summed E-state index contributed by atoms with van der Waals surface area (Å²) in [5.41, 5.74) is 16.7. The Labute approximate surface area is 347 Å². The quantitative estimate of drug-likeness (QED) is 0.112. The second kappa shape index (κ2) is 14.1. The predicted molar refractivity (Wildman–Crippen MR) is 253 cm³/mol. The average molecular weight is 770 g/mol. The van der Waals surface area contributed by atoms with E-state index >= 15 is 0 Å². The number of hydrogen-bond donors (Lipinski definition) is 0. The van der Waals surface area contributed by atoms with E-state index in [9.17, 15) is 0 Å². The molecule has 1 aliphatic carbocycles. The van der Waals surface area contributed by atoms with Crippen molar-refractivity contribution in [2.45, 2.75) is 20.3 Å². The first-order chi connectivity index (χ1) is 29.1. The van der Waals surface area contributed by atoms with E-state index in [0.717, 1.165) is 6.42 Å². The van der Waals surface area contributed by atoms with Gasteiger partial charge in [0, 0.05) is 16.5 Å². The lowest BCUT2D eigenvalue weighted by molar-refractivity contribution is 1.17. The minimum Gasteiger partial charge on any atom is -0.309 e. The van der Waals surface area contributed by atoms with E-state index < -0.39 is 8.07 Å². The van der Waals surface area contributed by atoms with Crippen LogP contribution < -0.4 is 20.7 Å². The zero-order valence-electron chi connectivity index (χ0n) is 33.4. The second-order valence-corrected chi connectivity index (χ2v) is 20.0. The van der Waals surface area contributed by atoms with Crippen LogP contribution in [0.3, 0.4) is 0 Å². The van der Waals surface area contributed by atoms with Gasteiger partial charge in [-0.25, -0.2) is 0 Å². The fourth-order valence-electron chi connectivity index (χ4n) is 10.0. The van der Waals surface area contributed by atoms with Crippen molar-refractivity contribution in [1.29, 1.82) is 0 Å². The molecule has 280 valence electrons. The van der Waals surface area contributed by atoms with Crippen LogP contribution in [0.1, 0.15) is 22.3 Å². The van der Waals surface area contributed by atoms with Crippen molar-refractivity contribution in [2.24, 2.45) is 0 Å². The summed E-state index contributed by atoms with van der Waals surface area (Å²) in [6.07, 6.45) is 0.939. The summed E-state index contributed by atoms with van der Waals surface area (Å²) in [4.78, 5) is 0. The van der Waals surface area contributed by atoms with Gasteiger partial charge in [-0.2, -0.15) is 0 Å². The smallest absolute Gasteiger partial charge is 0.179 e. The van der Waals surface area contributed by atoms with Gasteiger partial charge in [-0.05, 0) is 133 Å². The van der Waals surface area contributed by atoms with Crippen LogP contribution in [0.4, 0.5) is 0 Å². The lowest BCUT2D eigenvalue weighted by Crippen LogP contribution is -2.74. The van der Waals surface area contributed by atoms with Gasteiger partial charge in [0.05, 0.1) is 11.0 Å². The fraction of sp³-hybridized carbons (Fsp3) is 0.0526. The minimum atomic E-state index is -2.68. The number of fused-ring (bicyclic) bond motifs is 6. The van der Waals surface area contributed by atoms with Crippen molar-refractivity contribution < 1.29 is 0 Å². The van der Waals surface area contributed by atoms with Crippen LogP contribution in [0.5, 0.6) is 0 Å². The van der Waals surface area contributed by atoms with E-state index in [0.29, 0.717) is 0 Å². The molecule has 59 heavy (non-hydrogen) atoms. The zero-order valence-corrected chi connectivity index (χ0v) is 34.4. The molecule has 10 aromatic rings. The van der Waals surface area contributed by atoms with Crippen molar-refractivity contribution in [1.82, 2.24) is 4.57 Å². The summed E-state index contributed by atoms with van der Waals surface area (Å²) in [6.45, 7) is 4.41. The van der Waals surface area contributed by atoms with Crippen LogP contribution in [0, 0.1) is 13.8 Å².